The number of carbonyl (C=O) groups is 1. The summed E-state index contributed by atoms with van der Waals surface area (Å²) in [6.45, 7) is 0.709. The van der Waals surface area contributed by atoms with Gasteiger partial charge in [0, 0.05) is 24.3 Å². The first kappa shape index (κ1) is 18.5. The minimum Gasteiger partial charge on any atom is -0.389 e. The molecule has 2 aromatic rings. The highest BCUT2D eigenvalue weighted by Crippen LogP contribution is 2.09. The molecule has 0 aliphatic carbocycles. The van der Waals surface area contributed by atoms with E-state index in [0.29, 0.717) is 30.1 Å². The summed E-state index contributed by atoms with van der Waals surface area (Å²) >= 11 is 5.80. The number of carbonyl (C=O) groups excluding carboxylic acids is 1. The molecule has 0 aliphatic heterocycles. The van der Waals surface area contributed by atoms with Gasteiger partial charge in [0.25, 0.3) is 5.91 Å². The van der Waals surface area contributed by atoms with Crippen LogP contribution >= 0.6 is 11.6 Å². The number of nitrogens with one attached hydrogen (secondary N) is 2. The Hall–Kier alpha value is -2.84. The highest BCUT2D eigenvalue weighted by molar-refractivity contribution is 6.30. The molecule has 0 heterocycles. The SMILES string of the molecule is N#C/C(=C/NCCc1ccccc1F)C(=O)NCc1ccc(Cl)cc1. The fourth-order valence-electron chi connectivity index (χ4n) is 2.11. The summed E-state index contributed by atoms with van der Waals surface area (Å²) in [7, 11) is 0. The second kappa shape index (κ2) is 9.45. The Kier molecular flexibility index (Phi) is 7.00. The van der Waals surface area contributed by atoms with Crippen LogP contribution in [0.1, 0.15) is 11.1 Å². The van der Waals surface area contributed by atoms with Crippen LogP contribution in [0, 0.1) is 17.1 Å². The van der Waals surface area contributed by atoms with Crippen molar-refractivity contribution < 1.29 is 9.18 Å². The zero-order chi connectivity index (χ0) is 18.1. The highest BCUT2D eigenvalue weighted by atomic mass is 35.5. The molecule has 1 amide bonds. The summed E-state index contributed by atoms with van der Waals surface area (Å²) in [6, 6.07) is 15.4. The Morgan fingerprint density at radius 1 is 1.20 bits per heavy atom. The lowest BCUT2D eigenvalue weighted by Gasteiger charge is -2.06. The van der Waals surface area contributed by atoms with Gasteiger partial charge in [-0.3, -0.25) is 4.79 Å². The number of hydrogen-bond donors (Lipinski definition) is 2. The molecule has 0 saturated heterocycles. The molecule has 0 saturated carbocycles. The maximum atomic E-state index is 13.5. The standard InChI is InChI=1S/C19H17ClFN3O/c20-17-7-5-14(6-8-17)12-24-19(25)16(11-22)13-23-10-9-15-3-1-2-4-18(15)21/h1-8,13,23H,9-10,12H2,(H,24,25)/b16-13-. The third-order valence-electron chi connectivity index (χ3n) is 3.47. The van der Waals surface area contributed by atoms with Crippen LogP contribution in [0.5, 0.6) is 0 Å². The van der Waals surface area contributed by atoms with E-state index in [9.17, 15) is 9.18 Å². The summed E-state index contributed by atoms with van der Waals surface area (Å²) in [5.41, 5.74) is 1.42. The van der Waals surface area contributed by atoms with Crippen LogP contribution in [-0.4, -0.2) is 12.5 Å². The minimum absolute atomic E-state index is 0.0394. The van der Waals surface area contributed by atoms with Crippen LogP contribution in [0.4, 0.5) is 4.39 Å². The fourth-order valence-corrected chi connectivity index (χ4v) is 2.24. The maximum absolute atomic E-state index is 13.5. The molecule has 0 bridgehead atoms. The lowest BCUT2D eigenvalue weighted by atomic mass is 10.1. The van der Waals surface area contributed by atoms with Crippen molar-refractivity contribution in [2.45, 2.75) is 13.0 Å². The summed E-state index contributed by atoms with van der Waals surface area (Å²) in [6.07, 6.45) is 1.80. The Bertz CT molecular complexity index is 797. The number of rotatable bonds is 7. The van der Waals surface area contributed by atoms with Gasteiger partial charge in [-0.25, -0.2) is 4.39 Å². The average molecular weight is 358 g/mol. The van der Waals surface area contributed by atoms with E-state index in [1.165, 1.54) is 12.3 Å². The molecule has 0 unspecified atom stereocenters. The zero-order valence-corrected chi connectivity index (χ0v) is 14.2. The van der Waals surface area contributed by atoms with Gasteiger partial charge < -0.3 is 10.6 Å². The number of halogens is 2. The molecule has 6 heteroatoms. The van der Waals surface area contributed by atoms with E-state index in [1.807, 2.05) is 6.07 Å². The molecule has 2 aromatic carbocycles. The number of hydrogen-bond acceptors (Lipinski definition) is 3. The predicted molar refractivity (Wildman–Crippen MR) is 95.1 cm³/mol. The van der Waals surface area contributed by atoms with Crippen molar-refractivity contribution in [3.05, 3.63) is 82.3 Å². The molecule has 0 aromatic heterocycles. The molecule has 0 radical (unpaired) electrons. The monoisotopic (exact) mass is 357 g/mol. The van der Waals surface area contributed by atoms with Crippen LogP contribution in [0.25, 0.3) is 0 Å². The molecule has 0 aliphatic rings. The molecule has 0 atom stereocenters. The predicted octanol–water partition coefficient (Wildman–Crippen LogP) is 3.34. The first-order valence-corrected chi connectivity index (χ1v) is 8.07. The van der Waals surface area contributed by atoms with Crippen molar-refractivity contribution >= 4 is 17.5 Å². The third-order valence-corrected chi connectivity index (χ3v) is 3.73. The Labute approximate surface area is 150 Å². The molecule has 128 valence electrons. The van der Waals surface area contributed by atoms with Crippen LogP contribution in [-0.2, 0) is 17.8 Å². The van der Waals surface area contributed by atoms with E-state index < -0.39 is 5.91 Å². The van der Waals surface area contributed by atoms with Gasteiger partial charge >= 0.3 is 0 Å². The maximum Gasteiger partial charge on any atom is 0.263 e. The van der Waals surface area contributed by atoms with Crippen molar-refractivity contribution in [1.29, 1.82) is 5.26 Å². The molecule has 2 N–H and O–H groups in total. The summed E-state index contributed by atoms with van der Waals surface area (Å²) < 4.78 is 13.5. The molecular formula is C19H17ClFN3O. The molecule has 2 rings (SSSR count). The first-order chi connectivity index (χ1) is 12.1. The van der Waals surface area contributed by atoms with Crippen LogP contribution in [0.15, 0.2) is 60.3 Å². The molecule has 0 spiro atoms. The zero-order valence-electron chi connectivity index (χ0n) is 13.4. The number of nitrogens with zero attached hydrogens (tertiary/aromatic N) is 1. The van der Waals surface area contributed by atoms with Gasteiger partial charge in [0.2, 0.25) is 0 Å². The Morgan fingerprint density at radius 2 is 1.92 bits per heavy atom. The lowest BCUT2D eigenvalue weighted by Crippen LogP contribution is -2.25. The van der Waals surface area contributed by atoms with Crippen LogP contribution < -0.4 is 10.6 Å². The topological polar surface area (TPSA) is 64.9 Å². The summed E-state index contributed by atoms with van der Waals surface area (Å²) in [4.78, 5) is 12.0. The van der Waals surface area contributed by atoms with Crippen LogP contribution in [0.2, 0.25) is 5.02 Å². The number of benzene rings is 2. The summed E-state index contributed by atoms with van der Waals surface area (Å²) in [5, 5.41) is 15.2. The van der Waals surface area contributed by atoms with Crippen molar-refractivity contribution in [3.63, 3.8) is 0 Å². The van der Waals surface area contributed by atoms with E-state index in [-0.39, 0.29) is 11.4 Å². The molecule has 4 nitrogen and oxygen atoms in total. The quantitative estimate of drug-likeness (QED) is 0.454. The number of nitriles is 1. The van der Waals surface area contributed by atoms with E-state index in [2.05, 4.69) is 10.6 Å². The lowest BCUT2D eigenvalue weighted by molar-refractivity contribution is -0.117. The Morgan fingerprint density at radius 3 is 2.60 bits per heavy atom. The first-order valence-electron chi connectivity index (χ1n) is 7.70. The van der Waals surface area contributed by atoms with Gasteiger partial charge in [-0.2, -0.15) is 5.26 Å². The van der Waals surface area contributed by atoms with Crippen molar-refractivity contribution in [1.82, 2.24) is 10.6 Å². The fraction of sp³-hybridized carbons (Fsp3) is 0.158. The van der Waals surface area contributed by atoms with Gasteiger partial charge in [0.15, 0.2) is 0 Å². The third kappa shape index (κ3) is 5.94. The second-order valence-corrected chi connectivity index (χ2v) is 5.71. The van der Waals surface area contributed by atoms with Gasteiger partial charge in [0.05, 0.1) is 0 Å². The molecular weight excluding hydrogens is 341 g/mol. The second-order valence-electron chi connectivity index (χ2n) is 5.27. The van der Waals surface area contributed by atoms with Gasteiger partial charge in [-0.1, -0.05) is 41.9 Å². The van der Waals surface area contributed by atoms with Crippen molar-refractivity contribution in [2.24, 2.45) is 0 Å². The van der Waals surface area contributed by atoms with Crippen molar-refractivity contribution in [3.8, 4) is 6.07 Å². The average Bonchev–Trinajstić information content (AvgIpc) is 2.62. The van der Waals surface area contributed by atoms with Gasteiger partial charge in [-0.05, 0) is 35.7 Å². The van der Waals surface area contributed by atoms with E-state index >= 15 is 0 Å². The Balaban J connectivity index is 1.82. The number of amides is 1. The molecule has 25 heavy (non-hydrogen) atoms. The highest BCUT2D eigenvalue weighted by Gasteiger charge is 2.08. The molecule has 0 fully saturated rings. The largest absolute Gasteiger partial charge is 0.389 e. The minimum atomic E-state index is -0.476. The van der Waals surface area contributed by atoms with Crippen molar-refractivity contribution in [2.75, 3.05) is 6.54 Å². The van der Waals surface area contributed by atoms with E-state index in [4.69, 9.17) is 16.9 Å². The van der Waals surface area contributed by atoms with E-state index in [0.717, 1.165) is 5.56 Å². The van der Waals surface area contributed by atoms with Gasteiger partial charge in [0.1, 0.15) is 17.5 Å². The smallest absolute Gasteiger partial charge is 0.263 e. The van der Waals surface area contributed by atoms with Gasteiger partial charge in [-0.15, -0.1) is 0 Å². The van der Waals surface area contributed by atoms with Crippen LogP contribution in [0.3, 0.4) is 0 Å². The van der Waals surface area contributed by atoms with E-state index in [1.54, 1.807) is 42.5 Å². The summed E-state index contributed by atoms with van der Waals surface area (Å²) in [5.74, 6) is -0.745. The normalized spacial score (nSPS) is 10.8.